The lowest BCUT2D eigenvalue weighted by Crippen LogP contribution is -2.28. The third-order valence-corrected chi connectivity index (χ3v) is 5.84. The Morgan fingerprint density at radius 3 is 2.81 bits per heavy atom. The molecule has 1 unspecified atom stereocenters. The van der Waals surface area contributed by atoms with Crippen molar-refractivity contribution >= 4 is 28.3 Å². The van der Waals surface area contributed by atoms with Crippen LogP contribution in [-0.4, -0.2) is 47.4 Å². The minimum atomic E-state index is -0.412. The highest BCUT2D eigenvalue weighted by Gasteiger charge is 2.34. The van der Waals surface area contributed by atoms with Crippen molar-refractivity contribution in [2.45, 2.75) is 13.0 Å². The van der Waals surface area contributed by atoms with Crippen molar-refractivity contribution in [3.8, 4) is 22.8 Å². The number of anilines is 1. The Morgan fingerprint density at radius 2 is 2.06 bits per heavy atom. The summed E-state index contributed by atoms with van der Waals surface area (Å²) in [7, 11) is 3.16. The quantitative estimate of drug-likeness (QED) is 0.609. The molecule has 1 aliphatic rings. The molecule has 3 aromatic rings. The first kappa shape index (κ1) is 20.8. The van der Waals surface area contributed by atoms with E-state index in [4.69, 9.17) is 9.47 Å². The fourth-order valence-corrected chi connectivity index (χ4v) is 4.18. The maximum Gasteiger partial charge on any atom is 0.231 e. The van der Waals surface area contributed by atoms with Gasteiger partial charge in [0, 0.05) is 30.1 Å². The molecule has 0 bridgehead atoms. The summed E-state index contributed by atoms with van der Waals surface area (Å²) in [4.78, 5) is 35.5. The summed E-state index contributed by atoms with van der Waals surface area (Å²) in [5.74, 6) is 0.581. The predicted octanol–water partition coefficient (Wildman–Crippen LogP) is 3.21. The number of ether oxygens (including phenoxy) is 2. The van der Waals surface area contributed by atoms with Crippen LogP contribution in [0.15, 0.2) is 48.0 Å². The van der Waals surface area contributed by atoms with Gasteiger partial charge in [-0.05, 0) is 30.3 Å². The van der Waals surface area contributed by atoms with E-state index in [1.807, 2.05) is 41.8 Å². The molecule has 31 heavy (non-hydrogen) atoms. The molecule has 2 amide bonds. The second kappa shape index (κ2) is 9.13. The highest BCUT2D eigenvalue weighted by molar-refractivity contribution is 7.14. The van der Waals surface area contributed by atoms with E-state index in [1.54, 1.807) is 25.3 Å². The molecule has 4 rings (SSSR count). The van der Waals surface area contributed by atoms with Crippen molar-refractivity contribution in [2.75, 3.05) is 26.1 Å². The molecule has 8 nitrogen and oxygen atoms in total. The average molecular weight is 439 g/mol. The molecule has 3 heterocycles. The topological polar surface area (TPSA) is 93.7 Å². The molecular weight excluding hydrogens is 416 g/mol. The normalized spacial score (nSPS) is 15.7. The number of amides is 2. The van der Waals surface area contributed by atoms with E-state index in [0.717, 1.165) is 17.0 Å². The summed E-state index contributed by atoms with van der Waals surface area (Å²) in [6.45, 7) is 0.777. The Labute approximate surface area is 183 Å². The summed E-state index contributed by atoms with van der Waals surface area (Å²) in [5.41, 5.74) is 2.38. The van der Waals surface area contributed by atoms with Crippen LogP contribution in [0.2, 0.25) is 0 Å². The van der Waals surface area contributed by atoms with Crippen molar-refractivity contribution in [1.82, 2.24) is 14.9 Å². The molecule has 0 saturated carbocycles. The average Bonchev–Trinajstić information content (AvgIpc) is 3.41. The summed E-state index contributed by atoms with van der Waals surface area (Å²) in [6, 6.07) is 11.1. The highest BCUT2D eigenvalue weighted by atomic mass is 32.1. The number of nitrogens with one attached hydrogen (secondary N) is 1. The number of benzene rings is 1. The zero-order valence-corrected chi connectivity index (χ0v) is 18.0. The predicted molar refractivity (Wildman–Crippen MR) is 117 cm³/mol. The summed E-state index contributed by atoms with van der Waals surface area (Å²) in [5, 5.41) is 5.20. The molecule has 1 saturated heterocycles. The molecule has 0 aliphatic carbocycles. The van der Waals surface area contributed by atoms with Gasteiger partial charge in [0.05, 0.1) is 38.1 Å². The SMILES string of the molecule is COc1ccc(-c2csc(NC(=O)C3CC(=O)N(Cc4ccccn4)C3)n2)cc1OC. The molecule has 160 valence electrons. The number of nitrogens with zero attached hydrogens (tertiary/aromatic N) is 3. The van der Waals surface area contributed by atoms with Crippen molar-refractivity contribution in [1.29, 1.82) is 0 Å². The molecule has 0 spiro atoms. The van der Waals surface area contributed by atoms with Crippen molar-refractivity contribution in [3.63, 3.8) is 0 Å². The van der Waals surface area contributed by atoms with E-state index < -0.39 is 5.92 Å². The van der Waals surface area contributed by atoms with Gasteiger partial charge in [-0.3, -0.25) is 14.6 Å². The Morgan fingerprint density at radius 1 is 1.23 bits per heavy atom. The molecule has 1 aliphatic heterocycles. The zero-order valence-electron chi connectivity index (χ0n) is 17.2. The first-order chi connectivity index (χ1) is 15.1. The van der Waals surface area contributed by atoms with Gasteiger partial charge in [-0.25, -0.2) is 4.98 Å². The van der Waals surface area contributed by atoms with E-state index in [9.17, 15) is 9.59 Å². The molecule has 2 aromatic heterocycles. The van der Waals surface area contributed by atoms with Crippen LogP contribution < -0.4 is 14.8 Å². The summed E-state index contributed by atoms with van der Waals surface area (Å²) in [6.07, 6.45) is 1.88. The van der Waals surface area contributed by atoms with Crippen molar-refractivity contribution < 1.29 is 19.1 Å². The van der Waals surface area contributed by atoms with Crippen LogP contribution in [0.3, 0.4) is 0 Å². The molecule has 1 fully saturated rings. The Balaban J connectivity index is 1.40. The van der Waals surface area contributed by atoms with Crippen LogP contribution in [0.25, 0.3) is 11.3 Å². The van der Waals surface area contributed by atoms with E-state index in [-0.39, 0.29) is 18.2 Å². The molecule has 1 N–H and O–H groups in total. The highest BCUT2D eigenvalue weighted by Crippen LogP contribution is 2.33. The Kier molecular flexibility index (Phi) is 6.13. The minimum Gasteiger partial charge on any atom is -0.493 e. The fourth-order valence-electron chi connectivity index (χ4n) is 3.45. The van der Waals surface area contributed by atoms with Crippen molar-refractivity contribution in [2.24, 2.45) is 5.92 Å². The van der Waals surface area contributed by atoms with Gasteiger partial charge < -0.3 is 19.7 Å². The maximum atomic E-state index is 12.7. The number of methoxy groups -OCH3 is 2. The van der Waals surface area contributed by atoms with Gasteiger partial charge in [-0.1, -0.05) is 6.07 Å². The minimum absolute atomic E-state index is 0.0454. The lowest BCUT2D eigenvalue weighted by molar-refractivity contribution is -0.128. The van der Waals surface area contributed by atoms with Gasteiger partial charge in [-0.2, -0.15) is 0 Å². The standard InChI is InChI=1S/C22H22N4O4S/c1-29-18-7-6-14(9-19(18)30-2)17-13-31-22(24-17)25-21(28)15-10-20(27)26(11-15)12-16-5-3-4-8-23-16/h3-9,13,15H,10-12H2,1-2H3,(H,24,25,28). The van der Waals surface area contributed by atoms with Crippen LogP contribution >= 0.6 is 11.3 Å². The third kappa shape index (κ3) is 4.66. The number of hydrogen-bond acceptors (Lipinski definition) is 7. The summed E-state index contributed by atoms with van der Waals surface area (Å²) >= 11 is 1.34. The van der Waals surface area contributed by atoms with Crippen LogP contribution in [-0.2, 0) is 16.1 Å². The van der Waals surface area contributed by atoms with E-state index in [1.165, 1.54) is 11.3 Å². The molecule has 0 radical (unpaired) electrons. The van der Waals surface area contributed by atoms with E-state index in [2.05, 4.69) is 15.3 Å². The van der Waals surface area contributed by atoms with Crippen LogP contribution in [0.4, 0.5) is 5.13 Å². The number of thiazole rings is 1. The van der Waals surface area contributed by atoms with Gasteiger partial charge >= 0.3 is 0 Å². The van der Waals surface area contributed by atoms with Gasteiger partial charge in [-0.15, -0.1) is 11.3 Å². The fraction of sp³-hybridized carbons (Fsp3) is 0.273. The van der Waals surface area contributed by atoms with Crippen LogP contribution in [0.1, 0.15) is 12.1 Å². The molecule has 9 heteroatoms. The zero-order chi connectivity index (χ0) is 21.8. The second-order valence-electron chi connectivity index (χ2n) is 7.09. The monoisotopic (exact) mass is 438 g/mol. The first-order valence-corrected chi connectivity index (χ1v) is 10.6. The smallest absolute Gasteiger partial charge is 0.231 e. The second-order valence-corrected chi connectivity index (χ2v) is 7.95. The number of likely N-dealkylation sites (tertiary alicyclic amines) is 1. The number of rotatable bonds is 7. The summed E-state index contributed by atoms with van der Waals surface area (Å²) < 4.78 is 10.6. The largest absolute Gasteiger partial charge is 0.493 e. The van der Waals surface area contributed by atoms with Gasteiger partial charge in [0.1, 0.15) is 0 Å². The van der Waals surface area contributed by atoms with Crippen LogP contribution in [0.5, 0.6) is 11.5 Å². The number of hydrogen-bond donors (Lipinski definition) is 1. The van der Waals surface area contributed by atoms with E-state index >= 15 is 0 Å². The molecular formula is C22H22N4O4S. The molecule has 1 aromatic carbocycles. The lowest BCUT2D eigenvalue weighted by atomic mass is 10.1. The number of carbonyl (C=O) groups excluding carboxylic acids is 2. The van der Waals surface area contributed by atoms with Gasteiger partial charge in [0.15, 0.2) is 16.6 Å². The Bertz CT molecular complexity index is 1090. The van der Waals surface area contributed by atoms with Crippen molar-refractivity contribution in [3.05, 3.63) is 53.7 Å². The number of carbonyl (C=O) groups is 2. The third-order valence-electron chi connectivity index (χ3n) is 5.08. The maximum absolute atomic E-state index is 12.7. The molecule has 1 atom stereocenters. The van der Waals surface area contributed by atoms with E-state index in [0.29, 0.717) is 29.7 Å². The first-order valence-electron chi connectivity index (χ1n) is 9.74. The lowest BCUT2D eigenvalue weighted by Gasteiger charge is -2.15. The van der Waals surface area contributed by atoms with Crippen LogP contribution in [0, 0.1) is 5.92 Å². The number of aromatic nitrogens is 2. The Hall–Kier alpha value is -3.46. The van der Waals surface area contributed by atoms with Gasteiger partial charge in [0.25, 0.3) is 0 Å². The number of pyridine rings is 1. The van der Waals surface area contributed by atoms with Gasteiger partial charge in [0.2, 0.25) is 11.8 Å².